The molecule has 3 N–H and O–H groups in total. The number of methoxy groups -OCH3 is 1. The average molecular weight is 374 g/mol. The number of nitrogens with zero attached hydrogens (tertiary/aromatic N) is 2. The summed E-state index contributed by atoms with van der Waals surface area (Å²) in [4.78, 5) is 4.68. The number of benzene rings is 1. The largest absolute Gasteiger partial charge is 0.504 e. The Balaban J connectivity index is 1.99. The van der Waals surface area contributed by atoms with E-state index in [4.69, 9.17) is 9.26 Å². The Kier molecular flexibility index (Phi) is 7.98. The molecule has 0 unspecified atom stereocenters. The molecule has 7 heteroatoms. The number of rotatable bonds is 9. The highest BCUT2D eigenvalue weighted by Crippen LogP contribution is 2.26. The molecule has 2 aromatic rings. The lowest BCUT2D eigenvalue weighted by atomic mass is 10.1. The molecule has 0 amide bonds. The number of phenolic OH excluding ortho intramolecular Hbond substituents is 1. The Labute approximate surface area is 160 Å². The molecule has 7 nitrogen and oxygen atoms in total. The Hall–Kier alpha value is -2.70. The third-order valence-corrected chi connectivity index (χ3v) is 4.30. The van der Waals surface area contributed by atoms with E-state index in [1.54, 1.807) is 13.2 Å². The molecule has 148 valence electrons. The number of guanidine groups is 1. The Morgan fingerprint density at radius 2 is 2.04 bits per heavy atom. The van der Waals surface area contributed by atoms with Crippen LogP contribution in [0.5, 0.6) is 11.5 Å². The zero-order valence-corrected chi connectivity index (χ0v) is 16.6. The van der Waals surface area contributed by atoms with Crippen LogP contribution in [-0.2, 0) is 25.8 Å². The number of ether oxygens (including phenoxy) is 1. The molecule has 0 bridgehead atoms. The second kappa shape index (κ2) is 10.4. The van der Waals surface area contributed by atoms with Crippen LogP contribution in [0.4, 0.5) is 0 Å². The molecular formula is C20H30N4O3. The first-order chi connectivity index (χ1) is 13.1. The summed E-state index contributed by atoms with van der Waals surface area (Å²) in [6.45, 7) is 8.20. The Morgan fingerprint density at radius 3 is 2.70 bits per heavy atom. The molecule has 0 saturated carbocycles. The first kappa shape index (κ1) is 20.6. The van der Waals surface area contributed by atoms with E-state index in [2.05, 4.69) is 34.6 Å². The molecular weight excluding hydrogens is 344 g/mol. The molecule has 0 saturated heterocycles. The van der Waals surface area contributed by atoms with Crippen LogP contribution in [0.2, 0.25) is 0 Å². The molecule has 0 aliphatic carbocycles. The molecule has 0 aliphatic heterocycles. The summed E-state index contributed by atoms with van der Waals surface area (Å²) in [5, 5.41) is 20.4. The van der Waals surface area contributed by atoms with Gasteiger partial charge in [0.2, 0.25) is 0 Å². The highest BCUT2D eigenvalue weighted by molar-refractivity contribution is 5.79. The predicted octanol–water partition coefficient (Wildman–Crippen LogP) is 2.81. The molecule has 1 aromatic carbocycles. The van der Waals surface area contributed by atoms with Gasteiger partial charge >= 0.3 is 0 Å². The number of phenols is 1. The fourth-order valence-corrected chi connectivity index (χ4v) is 2.82. The number of aromatic nitrogens is 1. The van der Waals surface area contributed by atoms with Crippen molar-refractivity contribution in [1.29, 1.82) is 0 Å². The van der Waals surface area contributed by atoms with Crippen molar-refractivity contribution in [3.63, 3.8) is 0 Å². The van der Waals surface area contributed by atoms with Crippen molar-refractivity contribution in [1.82, 2.24) is 15.8 Å². The second-order valence-electron chi connectivity index (χ2n) is 6.12. The van der Waals surface area contributed by atoms with Crippen LogP contribution in [0, 0.1) is 0 Å². The van der Waals surface area contributed by atoms with Crippen molar-refractivity contribution < 1.29 is 14.4 Å². The maximum absolute atomic E-state index is 9.68. The summed E-state index contributed by atoms with van der Waals surface area (Å²) < 4.78 is 10.6. The average Bonchev–Trinajstić information content (AvgIpc) is 3.09. The molecule has 0 aliphatic rings. The van der Waals surface area contributed by atoms with E-state index in [1.807, 2.05) is 19.1 Å². The van der Waals surface area contributed by atoms with Crippen LogP contribution >= 0.6 is 0 Å². The van der Waals surface area contributed by atoms with Crippen molar-refractivity contribution in [2.45, 2.75) is 46.6 Å². The van der Waals surface area contributed by atoms with Crippen LogP contribution in [0.1, 0.15) is 43.4 Å². The van der Waals surface area contributed by atoms with Gasteiger partial charge in [-0.25, -0.2) is 4.99 Å². The van der Waals surface area contributed by atoms with Crippen LogP contribution in [0.15, 0.2) is 27.7 Å². The van der Waals surface area contributed by atoms with E-state index in [9.17, 15) is 5.11 Å². The predicted molar refractivity (Wildman–Crippen MR) is 106 cm³/mol. The summed E-state index contributed by atoms with van der Waals surface area (Å²) >= 11 is 0. The number of aromatic hydroxyl groups is 1. The molecule has 1 heterocycles. The molecule has 0 fully saturated rings. The highest BCUT2D eigenvalue weighted by atomic mass is 16.5. The first-order valence-electron chi connectivity index (χ1n) is 9.47. The van der Waals surface area contributed by atoms with Crippen molar-refractivity contribution in [3.8, 4) is 11.5 Å². The van der Waals surface area contributed by atoms with Crippen LogP contribution in [-0.4, -0.2) is 36.4 Å². The number of hydrogen-bond acceptors (Lipinski definition) is 5. The lowest BCUT2D eigenvalue weighted by Gasteiger charge is -2.12. The maximum Gasteiger partial charge on any atom is 0.191 e. The van der Waals surface area contributed by atoms with Gasteiger partial charge in [0, 0.05) is 25.1 Å². The SMILES string of the molecule is CCNC(=NCc1c(CC)noc1CC)NCCc1ccc(O)c(OC)c1. The zero-order chi connectivity index (χ0) is 19.6. The lowest BCUT2D eigenvalue weighted by Crippen LogP contribution is -2.38. The minimum atomic E-state index is 0.149. The first-order valence-corrected chi connectivity index (χ1v) is 9.47. The molecule has 2 rings (SSSR count). The van der Waals surface area contributed by atoms with Gasteiger partial charge in [0.05, 0.1) is 19.3 Å². The van der Waals surface area contributed by atoms with Gasteiger partial charge < -0.3 is 25.0 Å². The van der Waals surface area contributed by atoms with Gasteiger partial charge in [-0.05, 0) is 37.5 Å². The van der Waals surface area contributed by atoms with Gasteiger partial charge in [0.25, 0.3) is 0 Å². The van der Waals surface area contributed by atoms with E-state index in [-0.39, 0.29) is 5.75 Å². The number of nitrogens with one attached hydrogen (secondary N) is 2. The van der Waals surface area contributed by atoms with E-state index < -0.39 is 0 Å². The molecule has 27 heavy (non-hydrogen) atoms. The maximum atomic E-state index is 9.68. The number of aryl methyl sites for hydroxylation is 2. The van der Waals surface area contributed by atoms with Crippen molar-refractivity contribution in [3.05, 3.63) is 40.8 Å². The van der Waals surface area contributed by atoms with E-state index in [0.29, 0.717) is 18.8 Å². The third-order valence-electron chi connectivity index (χ3n) is 4.30. The van der Waals surface area contributed by atoms with Gasteiger partial charge in [-0.15, -0.1) is 0 Å². The molecule has 0 spiro atoms. The van der Waals surface area contributed by atoms with Crippen molar-refractivity contribution in [2.24, 2.45) is 4.99 Å². The van der Waals surface area contributed by atoms with Gasteiger partial charge in [-0.1, -0.05) is 25.1 Å². The summed E-state index contributed by atoms with van der Waals surface area (Å²) in [6.07, 6.45) is 2.43. The lowest BCUT2D eigenvalue weighted by molar-refractivity contribution is 0.373. The summed E-state index contributed by atoms with van der Waals surface area (Å²) in [6, 6.07) is 5.39. The number of hydrogen-bond donors (Lipinski definition) is 3. The molecule has 1 aromatic heterocycles. The minimum absolute atomic E-state index is 0.149. The van der Waals surface area contributed by atoms with Gasteiger partial charge in [0.15, 0.2) is 17.5 Å². The van der Waals surface area contributed by atoms with Gasteiger partial charge in [0.1, 0.15) is 5.76 Å². The zero-order valence-electron chi connectivity index (χ0n) is 16.6. The third kappa shape index (κ3) is 5.64. The summed E-state index contributed by atoms with van der Waals surface area (Å²) in [7, 11) is 1.55. The van der Waals surface area contributed by atoms with E-state index >= 15 is 0 Å². The molecule has 0 atom stereocenters. The Bertz CT molecular complexity index is 734. The quantitative estimate of drug-likeness (QED) is 0.462. The number of aliphatic imine (C=N–C) groups is 1. The smallest absolute Gasteiger partial charge is 0.191 e. The Morgan fingerprint density at radius 1 is 1.22 bits per heavy atom. The standard InChI is InChI=1S/C20H30N4O3/c1-5-16-15(18(6-2)27-24-16)13-23-20(21-7-3)22-11-10-14-8-9-17(25)19(12-14)26-4/h8-9,12,25H,5-7,10-11,13H2,1-4H3,(H2,21,22,23). The van der Waals surface area contributed by atoms with E-state index in [0.717, 1.165) is 54.3 Å². The van der Waals surface area contributed by atoms with Crippen LogP contribution in [0.3, 0.4) is 0 Å². The van der Waals surface area contributed by atoms with Crippen LogP contribution < -0.4 is 15.4 Å². The fourth-order valence-electron chi connectivity index (χ4n) is 2.82. The summed E-state index contributed by atoms with van der Waals surface area (Å²) in [5.41, 5.74) is 3.14. The van der Waals surface area contributed by atoms with Gasteiger partial charge in [-0.2, -0.15) is 0 Å². The van der Waals surface area contributed by atoms with Crippen molar-refractivity contribution in [2.75, 3.05) is 20.2 Å². The fraction of sp³-hybridized carbons (Fsp3) is 0.500. The van der Waals surface area contributed by atoms with Crippen molar-refractivity contribution >= 4 is 5.96 Å². The highest BCUT2D eigenvalue weighted by Gasteiger charge is 2.13. The van der Waals surface area contributed by atoms with E-state index in [1.165, 1.54) is 0 Å². The minimum Gasteiger partial charge on any atom is -0.504 e. The second-order valence-corrected chi connectivity index (χ2v) is 6.12. The summed E-state index contributed by atoms with van der Waals surface area (Å²) in [5.74, 6) is 2.30. The van der Waals surface area contributed by atoms with Gasteiger partial charge in [-0.3, -0.25) is 0 Å². The monoisotopic (exact) mass is 374 g/mol. The molecule has 0 radical (unpaired) electrons. The van der Waals surface area contributed by atoms with Crippen LogP contribution in [0.25, 0.3) is 0 Å². The topological polar surface area (TPSA) is 91.9 Å². The normalized spacial score (nSPS) is 11.5.